The van der Waals surface area contributed by atoms with E-state index in [2.05, 4.69) is 19.9 Å². The first-order chi connectivity index (χ1) is 10.2. The van der Waals surface area contributed by atoms with Crippen LogP contribution in [-0.2, 0) is 17.0 Å². The summed E-state index contributed by atoms with van der Waals surface area (Å²) in [6.07, 6.45) is 0. The maximum absolute atomic E-state index is 11.5. The van der Waals surface area contributed by atoms with Crippen molar-refractivity contribution in [3.63, 3.8) is 0 Å². The Morgan fingerprint density at radius 1 is 1.43 bits per heavy atom. The normalized spacial score (nSPS) is 10.6. The lowest BCUT2D eigenvalue weighted by atomic mass is 10.3. The van der Waals surface area contributed by atoms with E-state index in [1.54, 1.807) is 12.1 Å². The molecule has 21 heavy (non-hydrogen) atoms. The lowest BCUT2D eigenvalue weighted by molar-refractivity contribution is 0.0594. The van der Waals surface area contributed by atoms with Crippen LogP contribution in [-0.4, -0.2) is 39.4 Å². The Labute approximate surface area is 126 Å². The van der Waals surface area contributed by atoms with Crippen molar-refractivity contribution in [2.75, 3.05) is 13.7 Å². The zero-order valence-corrected chi connectivity index (χ0v) is 12.8. The van der Waals surface area contributed by atoms with E-state index in [9.17, 15) is 4.79 Å². The largest absolute Gasteiger partial charge is 0.464 e. The number of thioether (sulfide) groups is 1. The number of carbonyl (C=O) groups is 1. The Hall–Kier alpha value is -1.93. The number of hydrogen-bond donors (Lipinski definition) is 1. The molecule has 2 aromatic heterocycles. The number of methoxy groups -OCH3 is 1. The van der Waals surface area contributed by atoms with Gasteiger partial charge in [-0.25, -0.2) is 9.78 Å². The summed E-state index contributed by atoms with van der Waals surface area (Å²) >= 11 is 1.51. The number of nitrogens with two attached hydrogens (primary N) is 1. The zero-order chi connectivity index (χ0) is 15.2. The Morgan fingerprint density at radius 2 is 2.24 bits per heavy atom. The van der Waals surface area contributed by atoms with Crippen molar-refractivity contribution in [2.45, 2.75) is 24.4 Å². The molecule has 0 fully saturated rings. The van der Waals surface area contributed by atoms with Crippen molar-refractivity contribution in [1.29, 1.82) is 0 Å². The van der Waals surface area contributed by atoms with Crippen LogP contribution >= 0.6 is 11.8 Å². The van der Waals surface area contributed by atoms with Crippen molar-refractivity contribution in [1.82, 2.24) is 19.7 Å². The molecular formula is C13H17N5O2S. The van der Waals surface area contributed by atoms with Gasteiger partial charge in [0, 0.05) is 18.8 Å². The highest BCUT2D eigenvalue weighted by Gasteiger charge is 2.11. The fourth-order valence-corrected chi connectivity index (χ4v) is 2.69. The van der Waals surface area contributed by atoms with Crippen molar-refractivity contribution in [3.8, 4) is 0 Å². The molecule has 0 radical (unpaired) electrons. The van der Waals surface area contributed by atoms with Crippen LogP contribution in [0.2, 0.25) is 0 Å². The number of hydrogen-bond acceptors (Lipinski definition) is 7. The van der Waals surface area contributed by atoms with Gasteiger partial charge in [0.15, 0.2) is 5.16 Å². The number of aryl methyl sites for hydroxylation is 1. The van der Waals surface area contributed by atoms with Crippen LogP contribution < -0.4 is 5.73 Å². The van der Waals surface area contributed by atoms with Gasteiger partial charge >= 0.3 is 5.97 Å². The third-order valence-electron chi connectivity index (χ3n) is 2.80. The van der Waals surface area contributed by atoms with Gasteiger partial charge in [0.05, 0.1) is 12.8 Å². The van der Waals surface area contributed by atoms with Crippen LogP contribution in [0, 0.1) is 6.92 Å². The highest BCUT2D eigenvalue weighted by atomic mass is 32.2. The lowest BCUT2D eigenvalue weighted by Crippen LogP contribution is -2.12. The molecule has 2 N–H and O–H groups in total. The summed E-state index contributed by atoms with van der Waals surface area (Å²) in [5.74, 6) is 0.983. The number of pyridine rings is 1. The quantitative estimate of drug-likeness (QED) is 0.628. The predicted molar refractivity (Wildman–Crippen MR) is 79.0 cm³/mol. The Bertz CT molecular complexity index is 629. The molecule has 0 aromatic carbocycles. The second-order valence-electron chi connectivity index (χ2n) is 4.26. The number of esters is 1. The summed E-state index contributed by atoms with van der Waals surface area (Å²) in [4.78, 5) is 15.7. The first-order valence-electron chi connectivity index (χ1n) is 6.42. The van der Waals surface area contributed by atoms with E-state index < -0.39 is 5.97 Å². The minimum atomic E-state index is -0.441. The van der Waals surface area contributed by atoms with Crippen molar-refractivity contribution in [2.24, 2.45) is 5.73 Å². The van der Waals surface area contributed by atoms with Crippen LogP contribution in [0.5, 0.6) is 0 Å². The summed E-state index contributed by atoms with van der Waals surface area (Å²) in [6, 6.07) is 5.27. The second-order valence-corrected chi connectivity index (χ2v) is 5.21. The van der Waals surface area contributed by atoms with Gasteiger partial charge in [-0.3, -0.25) is 0 Å². The van der Waals surface area contributed by atoms with Crippen LogP contribution in [0.3, 0.4) is 0 Å². The molecule has 0 unspecified atom stereocenters. The smallest absolute Gasteiger partial charge is 0.356 e. The molecule has 112 valence electrons. The van der Waals surface area contributed by atoms with E-state index in [0.717, 1.165) is 16.7 Å². The monoisotopic (exact) mass is 307 g/mol. The molecule has 2 rings (SSSR count). The number of ether oxygens (including phenoxy) is 1. The van der Waals surface area contributed by atoms with Gasteiger partial charge in [-0.05, 0) is 19.1 Å². The summed E-state index contributed by atoms with van der Waals surface area (Å²) in [6.45, 7) is 3.10. The van der Waals surface area contributed by atoms with Crippen LogP contribution in [0.25, 0.3) is 0 Å². The molecule has 7 nitrogen and oxygen atoms in total. The first-order valence-corrected chi connectivity index (χ1v) is 7.41. The highest BCUT2D eigenvalue weighted by molar-refractivity contribution is 7.98. The van der Waals surface area contributed by atoms with E-state index in [0.29, 0.717) is 24.5 Å². The average Bonchev–Trinajstić information content (AvgIpc) is 2.86. The van der Waals surface area contributed by atoms with Crippen LogP contribution in [0.4, 0.5) is 0 Å². The molecule has 0 aliphatic rings. The van der Waals surface area contributed by atoms with E-state index in [1.807, 2.05) is 17.6 Å². The number of nitrogens with zero attached hydrogens (tertiary/aromatic N) is 4. The predicted octanol–water partition coefficient (Wildman–Crippen LogP) is 1.02. The molecular weight excluding hydrogens is 290 g/mol. The number of rotatable bonds is 6. The molecule has 0 spiro atoms. The number of aromatic nitrogens is 4. The average molecular weight is 307 g/mol. The Morgan fingerprint density at radius 3 is 2.95 bits per heavy atom. The topological polar surface area (TPSA) is 95.9 Å². The minimum Gasteiger partial charge on any atom is -0.464 e. The first kappa shape index (κ1) is 15.5. The fraction of sp³-hybridized carbons (Fsp3) is 0.385. The maximum Gasteiger partial charge on any atom is 0.356 e. The third kappa shape index (κ3) is 3.79. The lowest BCUT2D eigenvalue weighted by Gasteiger charge is -2.06. The summed E-state index contributed by atoms with van der Waals surface area (Å²) in [5.41, 5.74) is 6.67. The summed E-state index contributed by atoms with van der Waals surface area (Å²) in [7, 11) is 1.34. The standard InChI is InChI=1S/C13H17N5O2S/c1-9-16-17-13(18(9)7-6-14)21-8-10-4-3-5-11(15-10)12(19)20-2/h3-5H,6-8,14H2,1-2H3. The van der Waals surface area contributed by atoms with Crippen molar-refractivity contribution < 1.29 is 9.53 Å². The van der Waals surface area contributed by atoms with Gasteiger partial charge in [-0.2, -0.15) is 0 Å². The molecule has 0 saturated carbocycles. The van der Waals surface area contributed by atoms with Gasteiger partial charge in [0.1, 0.15) is 11.5 Å². The number of carbonyl (C=O) groups excluding carboxylic acids is 1. The van der Waals surface area contributed by atoms with E-state index in [-0.39, 0.29) is 0 Å². The zero-order valence-electron chi connectivity index (χ0n) is 11.9. The van der Waals surface area contributed by atoms with Crippen molar-refractivity contribution >= 4 is 17.7 Å². The molecule has 8 heteroatoms. The van der Waals surface area contributed by atoms with Gasteiger partial charge in [0.25, 0.3) is 0 Å². The van der Waals surface area contributed by atoms with Crippen LogP contribution in [0.15, 0.2) is 23.4 Å². The molecule has 2 aromatic rings. The van der Waals surface area contributed by atoms with E-state index >= 15 is 0 Å². The molecule has 2 heterocycles. The van der Waals surface area contributed by atoms with E-state index in [1.165, 1.54) is 18.9 Å². The fourth-order valence-electron chi connectivity index (χ4n) is 1.77. The van der Waals surface area contributed by atoms with Crippen molar-refractivity contribution in [3.05, 3.63) is 35.4 Å². The van der Waals surface area contributed by atoms with Gasteiger partial charge in [0.2, 0.25) is 0 Å². The van der Waals surface area contributed by atoms with Gasteiger partial charge in [-0.1, -0.05) is 17.8 Å². The highest BCUT2D eigenvalue weighted by Crippen LogP contribution is 2.21. The van der Waals surface area contributed by atoms with Gasteiger partial charge < -0.3 is 15.0 Å². The molecule has 0 aliphatic carbocycles. The van der Waals surface area contributed by atoms with Crippen LogP contribution in [0.1, 0.15) is 22.0 Å². The summed E-state index contributed by atoms with van der Waals surface area (Å²) in [5, 5.41) is 8.97. The molecule has 0 atom stereocenters. The minimum absolute atomic E-state index is 0.301. The third-order valence-corrected chi connectivity index (χ3v) is 3.81. The second kappa shape index (κ2) is 7.19. The molecule has 0 bridgehead atoms. The molecule has 0 saturated heterocycles. The molecule has 0 aliphatic heterocycles. The van der Waals surface area contributed by atoms with E-state index in [4.69, 9.17) is 5.73 Å². The SMILES string of the molecule is COC(=O)c1cccc(CSc2nnc(C)n2CCN)n1. The van der Waals surface area contributed by atoms with Gasteiger partial charge in [-0.15, -0.1) is 10.2 Å². The summed E-state index contributed by atoms with van der Waals surface area (Å²) < 4.78 is 6.63. The maximum atomic E-state index is 11.5. The molecule has 0 amide bonds. The Balaban J connectivity index is 2.08. The Kier molecular flexibility index (Phi) is 5.29.